The van der Waals surface area contributed by atoms with Crippen molar-refractivity contribution in [2.45, 2.75) is 6.42 Å². The first-order valence-corrected chi connectivity index (χ1v) is 7.79. The topological polar surface area (TPSA) is 53.8 Å². The Morgan fingerprint density at radius 2 is 1.75 bits per heavy atom. The van der Waals surface area contributed by atoms with E-state index in [9.17, 15) is 9.59 Å². The molecule has 124 valence electrons. The molecule has 0 bridgehead atoms. The molecule has 5 nitrogen and oxygen atoms in total. The molecule has 0 aliphatic carbocycles. The summed E-state index contributed by atoms with van der Waals surface area (Å²) in [5, 5.41) is 3.14. The third-order valence-electron chi connectivity index (χ3n) is 4.18. The second-order valence-corrected chi connectivity index (χ2v) is 6.14. The van der Waals surface area contributed by atoms with Crippen LogP contribution in [0.2, 0.25) is 0 Å². The average molecular weight is 324 g/mol. The Hall–Kier alpha value is -2.82. The van der Waals surface area contributed by atoms with Crippen LogP contribution in [0.15, 0.2) is 47.1 Å². The van der Waals surface area contributed by atoms with E-state index in [4.69, 9.17) is 4.42 Å². The van der Waals surface area contributed by atoms with E-state index in [1.807, 2.05) is 36.4 Å². The van der Waals surface area contributed by atoms with Gasteiger partial charge in [-0.15, -0.1) is 0 Å². The van der Waals surface area contributed by atoms with Gasteiger partial charge in [0.1, 0.15) is 5.58 Å². The van der Waals surface area contributed by atoms with Crippen LogP contribution in [0.3, 0.4) is 0 Å². The number of benzene rings is 2. The fourth-order valence-electron chi connectivity index (χ4n) is 2.73. The van der Waals surface area contributed by atoms with Crippen LogP contribution in [0, 0.1) is 0 Å². The molecule has 0 aliphatic heterocycles. The number of hydrogen-bond acceptors (Lipinski definition) is 3. The van der Waals surface area contributed by atoms with Crippen molar-refractivity contribution in [3.63, 3.8) is 0 Å². The van der Waals surface area contributed by atoms with Crippen molar-refractivity contribution in [3.8, 4) is 0 Å². The van der Waals surface area contributed by atoms with Crippen molar-refractivity contribution in [2.75, 3.05) is 27.7 Å². The van der Waals surface area contributed by atoms with Crippen LogP contribution in [-0.4, -0.2) is 49.3 Å². The standard InChI is InChI=1S/C19H20N2O3/c1-20(2)18(23)11-21(3)17(22)10-14-12-24-16-9-8-13-6-4-5-7-15(13)19(14)16/h4-9,12H,10-11H2,1-3H3. The van der Waals surface area contributed by atoms with Crippen molar-refractivity contribution in [3.05, 3.63) is 48.2 Å². The molecule has 24 heavy (non-hydrogen) atoms. The summed E-state index contributed by atoms with van der Waals surface area (Å²) in [6.45, 7) is 0.0718. The third-order valence-corrected chi connectivity index (χ3v) is 4.18. The summed E-state index contributed by atoms with van der Waals surface area (Å²) in [7, 11) is 5.00. The first-order valence-electron chi connectivity index (χ1n) is 7.79. The molecular weight excluding hydrogens is 304 g/mol. The maximum absolute atomic E-state index is 12.5. The summed E-state index contributed by atoms with van der Waals surface area (Å²) in [5.41, 5.74) is 1.61. The second-order valence-electron chi connectivity index (χ2n) is 6.14. The number of fused-ring (bicyclic) bond motifs is 3. The van der Waals surface area contributed by atoms with E-state index < -0.39 is 0 Å². The maximum Gasteiger partial charge on any atom is 0.241 e. The number of rotatable bonds is 4. The van der Waals surface area contributed by atoms with Gasteiger partial charge in [0.25, 0.3) is 0 Å². The molecule has 1 heterocycles. The van der Waals surface area contributed by atoms with E-state index >= 15 is 0 Å². The number of likely N-dealkylation sites (N-methyl/N-ethyl adjacent to an activating group) is 2. The van der Waals surface area contributed by atoms with Crippen LogP contribution in [0.4, 0.5) is 0 Å². The Kier molecular flexibility index (Phi) is 4.25. The quantitative estimate of drug-likeness (QED) is 0.741. The summed E-state index contributed by atoms with van der Waals surface area (Å²) in [6.07, 6.45) is 1.84. The van der Waals surface area contributed by atoms with E-state index in [-0.39, 0.29) is 24.8 Å². The van der Waals surface area contributed by atoms with E-state index in [1.54, 1.807) is 27.4 Å². The van der Waals surface area contributed by atoms with Crippen molar-refractivity contribution >= 4 is 33.6 Å². The number of hydrogen-bond donors (Lipinski definition) is 0. The van der Waals surface area contributed by atoms with Gasteiger partial charge in [0, 0.05) is 32.1 Å². The molecule has 3 aromatic rings. The molecule has 0 aliphatic rings. The Balaban J connectivity index is 1.89. The molecule has 0 saturated heterocycles. The second kappa shape index (κ2) is 6.35. The molecule has 3 rings (SSSR count). The summed E-state index contributed by atoms with van der Waals surface area (Å²) in [4.78, 5) is 27.2. The highest BCUT2D eigenvalue weighted by molar-refractivity contribution is 6.08. The molecule has 2 aromatic carbocycles. The van der Waals surface area contributed by atoms with Gasteiger partial charge in [-0.25, -0.2) is 0 Å². The van der Waals surface area contributed by atoms with Gasteiger partial charge in [-0.3, -0.25) is 9.59 Å². The van der Waals surface area contributed by atoms with E-state index in [0.29, 0.717) is 0 Å². The van der Waals surface area contributed by atoms with E-state index in [2.05, 4.69) is 0 Å². The minimum Gasteiger partial charge on any atom is -0.464 e. The SMILES string of the molecule is CN(C)C(=O)CN(C)C(=O)Cc1coc2ccc3ccccc3c12. The predicted molar refractivity (Wildman–Crippen MR) is 93.8 cm³/mol. The van der Waals surface area contributed by atoms with Crippen molar-refractivity contribution < 1.29 is 14.0 Å². The lowest BCUT2D eigenvalue weighted by atomic mass is 10.0. The molecule has 0 radical (unpaired) electrons. The zero-order valence-corrected chi connectivity index (χ0v) is 14.1. The van der Waals surface area contributed by atoms with Crippen molar-refractivity contribution in [1.82, 2.24) is 9.80 Å². The van der Waals surface area contributed by atoms with Crippen LogP contribution in [-0.2, 0) is 16.0 Å². The molecular formula is C19H20N2O3. The van der Waals surface area contributed by atoms with Crippen LogP contribution in [0.1, 0.15) is 5.56 Å². The highest BCUT2D eigenvalue weighted by Crippen LogP contribution is 2.30. The Morgan fingerprint density at radius 1 is 1.00 bits per heavy atom. The predicted octanol–water partition coefficient (Wildman–Crippen LogP) is 2.68. The highest BCUT2D eigenvalue weighted by atomic mass is 16.3. The zero-order valence-electron chi connectivity index (χ0n) is 14.1. The van der Waals surface area contributed by atoms with Gasteiger partial charge < -0.3 is 14.2 Å². The summed E-state index contributed by atoms with van der Waals surface area (Å²) in [5.74, 6) is -0.214. The molecule has 0 N–H and O–H groups in total. The summed E-state index contributed by atoms with van der Waals surface area (Å²) < 4.78 is 5.61. The fourth-order valence-corrected chi connectivity index (χ4v) is 2.73. The first-order chi connectivity index (χ1) is 11.5. The monoisotopic (exact) mass is 324 g/mol. The molecule has 0 spiro atoms. The van der Waals surface area contributed by atoms with Gasteiger partial charge in [0.05, 0.1) is 19.2 Å². The molecule has 1 aromatic heterocycles. The smallest absolute Gasteiger partial charge is 0.241 e. The molecule has 2 amide bonds. The van der Waals surface area contributed by atoms with Crippen molar-refractivity contribution in [1.29, 1.82) is 0 Å². The normalized spacial score (nSPS) is 11.0. The Bertz CT molecular complexity index is 911. The fraction of sp³-hybridized carbons (Fsp3) is 0.263. The minimum atomic E-state index is -0.110. The van der Waals surface area contributed by atoms with Gasteiger partial charge in [-0.1, -0.05) is 30.3 Å². The molecule has 0 unspecified atom stereocenters. The van der Waals surface area contributed by atoms with Crippen LogP contribution in [0.25, 0.3) is 21.7 Å². The summed E-state index contributed by atoms with van der Waals surface area (Å²) in [6, 6.07) is 12.0. The van der Waals surface area contributed by atoms with Crippen LogP contribution < -0.4 is 0 Å². The number of carbonyl (C=O) groups is 2. The number of nitrogens with zero attached hydrogens (tertiary/aromatic N) is 2. The maximum atomic E-state index is 12.5. The van der Waals surface area contributed by atoms with Gasteiger partial charge in [-0.05, 0) is 16.8 Å². The lowest BCUT2D eigenvalue weighted by Crippen LogP contribution is -2.38. The Morgan fingerprint density at radius 3 is 2.50 bits per heavy atom. The lowest BCUT2D eigenvalue weighted by molar-refractivity contribution is -0.137. The van der Waals surface area contributed by atoms with Crippen LogP contribution in [0.5, 0.6) is 0 Å². The molecule has 5 heteroatoms. The van der Waals surface area contributed by atoms with Crippen LogP contribution >= 0.6 is 0 Å². The highest BCUT2D eigenvalue weighted by Gasteiger charge is 2.18. The Labute approximate surface area is 140 Å². The number of amides is 2. The van der Waals surface area contributed by atoms with Gasteiger partial charge >= 0.3 is 0 Å². The molecule has 0 atom stereocenters. The third kappa shape index (κ3) is 2.97. The zero-order chi connectivity index (χ0) is 17.3. The lowest BCUT2D eigenvalue weighted by Gasteiger charge is -2.19. The molecule has 0 fully saturated rings. The minimum absolute atomic E-state index is 0.0718. The first kappa shape index (κ1) is 16.1. The average Bonchev–Trinajstić information content (AvgIpc) is 2.98. The largest absolute Gasteiger partial charge is 0.464 e. The van der Waals surface area contributed by atoms with Gasteiger partial charge in [-0.2, -0.15) is 0 Å². The van der Waals surface area contributed by atoms with E-state index in [1.165, 1.54) is 9.80 Å². The van der Waals surface area contributed by atoms with Gasteiger partial charge in [0.15, 0.2) is 0 Å². The number of furan rings is 1. The van der Waals surface area contributed by atoms with Gasteiger partial charge in [0.2, 0.25) is 11.8 Å². The van der Waals surface area contributed by atoms with Crippen molar-refractivity contribution in [2.24, 2.45) is 0 Å². The molecule has 0 saturated carbocycles. The van der Waals surface area contributed by atoms with E-state index in [0.717, 1.165) is 27.3 Å². The number of carbonyl (C=O) groups excluding carboxylic acids is 2. The summed E-state index contributed by atoms with van der Waals surface area (Å²) >= 11 is 0.